The molecule has 1 fully saturated rings. The van der Waals surface area contributed by atoms with Gasteiger partial charge in [0.2, 0.25) is 23.5 Å². The van der Waals surface area contributed by atoms with E-state index >= 15 is 0 Å². The van der Waals surface area contributed by atoms with E-state index in [2.05, 4.69) is 35.7 Å². The number of amides is 1. The molecule has 2 N–H and O–H groups in total. The number of rotatable bonds is 8. The van der Waals surface area contributed by atoms with Crippen LogP contribution in [0.5, 0.6) is 5.88 Å². The van der Waals surface area contributed by atoms with Crippen LogP contribution in [0.3, 0.4) is 0 Å². The van der Waals surface area contributed by atoms with Gasteiger partial charge in [0.1, 0.15) is 10.5 Å². The van der Waals surface area contributed by atoms with Gasteiger partial charge in [0.25, 0.3) is 0 Å². The predicted molar refractivity (Wildman–Crippen MR) is 142 cm³/mol. The SMILES string of the molecule is CCCOc1nccc2nc(NC(=O)C3CC(Nc4nccc5ccc(-c6noc(C)n6)cc45)C3)sc12. The van der Waals surface area contributed by atoms with Crippen LogP contribution in [-0.2, 0) is 4.79 Å². The molecule has 0 spiro atoms. The maximum atomic E-state index is 12.9. The summed E-state index contributed by atoms with van der Waals surface area (Å²) in [6.45, 7) is 4.40. The maximum absolute atomic E-state index is 12.9. The van der Waals surface area contributed by atoms with E-state index in [0.29, 0.717) is 42.2 Å². The van der Waals surface area contributed by atoms with Crippen LogP contribution in [0.25, 0.3) is 32.4 Å². The van der Waals surface area contributed by atoms with Crippen molar-refractivity contribution >= 4 is 49.2 Å². The zero-order chi connectivity index (χ0) is 25.4. The zero-order valence-corrected chi connectivity index (χ0v) is 21.2. The van der Waals surface area contributed by atoms with Crippen LogP contribution in [0.15, 0.2) is 47.2 Å². The topological polar surface area (TPSA) is 128 Å². The van der Waals surface area contributed by atoms with Crippen molar-refractivity contribution < 1.29 is 14.1 Å². The number of hydrogen-bond acceptors (Lipinski definition) is 10. The van der Waals surface area contributed by atoms with Crippen LogP contribution in [0.2, 0.25) is 0 Å². The molecule has 4 heterocycles. The molecule has 0 atom stereocenters. The lowest BCUT2D eigenvalue weighted by Crippen LogP contribution is -2.42. The Kier molecular flexibility index (Phi) is 6.13. The number of anilines is 2. The first-order valence-electron chi connectivity index (χ1n) is 12.2. The fraction of sp³-hybridized carbons (Fsp3) is 0.308. The Morgan fingerprint density at radius 1 is 1.16 bits per heavy atom. The molecule has 0 unspecified atom stereocenters. The molecule has 11 heteroatoms. The molecule has 4 aromatic heterocycles. The molecular weight excluding hydrogens is 490 g/mol. The van der Waals surface area contributed by atoms with E-state index in [4.69, 9.17) is 9.26 Å². The van der Waals surface area contributed by atoms with Gasteiger partial charge in [0.15, 0.2) is 5.13 Å². The fourth-order valence-corrected chi connectivity index (χ4v) is 5.28. The number of pyridine rings is 2. The van der Waals surface area contributed by atoms with Gasteiger partial charge < -0.3 is 19.9 Å². The van der Waals surface area contributed by atoms with E-state index in [0.717, 1.165) is 38.8 Å². The van der Waals surface area contributed by atoms with E-state index in [-0.39, 0.29) is 17.9 Å². The molecule has 6 rings (SSSR count). The molecule has 1 amide bonds. The number of carbonyl (C=O) groups excluding carboxylic acids is 1. The summed E-state index contributed by atoms with van der Waals surface area (Å²) in [4.78, 5) is 30.6. The fourth-order valence-electron chi connectivity index (χ4n) is 4.38. The molecule has 10 nitrogen and oxygen atoms in total. The highest BCUT2D eigenvalue weighted by atomic mass is 32.1. The number of thiazole rings is 1. The van der Waals surface area contributed by atoms with Gasteiger partial charge in [0.05, 0.1) is 12.1 Å². The zero-order valence-electron chi connectivity index (χ0n) is 20.4. The summed E-state index contributed by atoms with van der Waals surface area (Å²) in [6, 6.07) is 9.95. The van der Waals surface area contributed by atoms with Crippen LogP contribution in [0.1, 0.15) is 32.1 Å². The Morgan fingerprint density at radius 3 is 2.84 bits per heavy atom. The predicted octanol–water partition coefficient (Wildman–Crippen LogP) is 5.22. The number of fused-ring (bicyclic) bond motifs is 2. The lowest BCUT2D eigenvalue weighted by molar-refractivity contribution is -0.122. The smallest absolute Gasteiger partial charge is 0.233 e. The van der Waals surface area contributed by atoms with E-state index in [1.54, 1.807) is 19.3 Å². The molecule has 1 saturated carbocycles. The average molecular weight is 516 g/mol. The second-order valence-electron chi connectivity index (χ2n) is 9.06. The third-order valence-corrected chi connectivity index (χ3v) is 7.32. The minimum Gasteiger partial charge on any atom is -0.477 e. The van der Waals surface area contributed by atoms with Gasteiger partial charge in [-0.25, -0.2) is 15.0 Å². The third kappa shape index (κ3) is 4.69. The van der Waals surface area contributed by atoms with Gasteiger partial charge in [-0.2, -0.15) is 4.98 Å². The molecule has 1 aliphatic rings. The molecule has 37 heavy (non-hydrogen) atoms. The lowest BCUT2D eigenvalue weighted by Gasteiger charge is -2.35. The number of hydrogen-bond donors (Lipinski definition) is 2. The summed E-state index contributed by atoms with van der Waals surface area (Å²) in [7, 11) is 0. The number of ether oxygens (including phenoxy) is 1. The first kappa shape index (κ1) is 23.3. The maximum Gasteiger partial charge on any atom is 0.233 e. The Bertz CT molecular complexity index is 1590. The van der Waals surface area contributed by atoms with Crippen LogP contribution in [0.4, 0.5) is 10.9 Å². The van der Waals surface area contributed by atoms with Gasteiger partial charge in [0, 0.05) is 42.2 Å². The molecule has 5 aromatic rings. The first-order chi connectivity index (χ1) is 18.1. The first-order valence-corrected chi connectivity index (χ1v) is 13.0. The second kappa shape index (κ2) is 9.74. The van der Waals surface area contributed by atoms with Gasteiger partial charge >= 0.3 is 0 Å². The van der Waals surface area contributed by atoms with Gasteiger partial charge in [-0.05, 0) is 42.8 Å². The summed E-state index contributed by atoms with van der Waals surface area (Å²) in [6.07, 6.45) is 5.78. The van der Waals surface area contributed by atoms with Crippen molar-refractivity contribution in [1.82, 2.24) is 25.1 Å². The van der Waals surface area contributed by atoms with Gasteiger partial charge in [-0.15, -0.1) is 0 Å². The highest BCUT2D eigenvalue weighted by Crippen LogP contribution is 2.36. The summed E-state index contributed by atoms with van der Waals surface area (Å²) >= 11 is 1.39. The van der Waals surface area contributed by atoms with Crippen LogP contribution < -0.4 is 15.4 Å². The van der Waals surface area contributed by atoms with Crippen molar-refractivity contribution in [2.75, 3.05) is 17.2 Å². The van der Waals surface area contributed by atoms with Crippen molar-refractivity contribution in [3.8, 4) is 17.3 Å². The minimum absolute atomic E-state index is 0.0262. The van der Waals surface area contributed by atoms with Gasteiger partial charge in [-0.3, -0.25) is 4.79 Å². The molecule has 1 aromatic carbocycles. The highest BCUT2D eigenvalue weighted by Gasteiger charge is 2.35. The van der Waals surface area contributed by atoms with E-state index in [9.17, 15) is 4.79 Å². The Morgan fingerprint density at radius 2 is 2.03 bits per heavy atom. The number of nitrogens with zero attached hydrogens (tertiary/aromatic N) is 5. The standard InChI is InChI=1S/C26H25N7O3S/c1-3-10-35-25-21-20(7-9-28-25)31-26(37-21)32-24(34)17-11-18(12-17)30-23-19-13-16(22-29-14(2)36-33-22)5-4-15(19)6-8-27-23/h4-9,13,17-18H,3,10-12H2,1-2H3,(H,27,30)(H,31,32,34). The van der Waals surface area contributed by atoms with E-state index < -0.39 is 0 Å². The number of aromatic nitrogens is 5. The van der Waals surface area contributed by atoms with Crippen molar-refractivity contribution in [3.63, 3.8) is 0 Å². The number of carbonyl (C=O) groups is 1. The van der Waals surface area contributed by atoms with Crippen molar-refractivity contribution in [2.45, 2.75) is 39.2 Å². The summed E-state index contributed by atoms with van der Waals surface area (Å²) < 4.78 is 11.7. The Balaban J connectivity index is 1.11. The summed E-state index contributed by atoms with van der Waals surface area (Å²) in [5, 5.41) is 13.1. The summed E-state index contributed by atoms with van der Waals surface area (Å²) in [5.74, 6) is 2.29. The molecule has 1 aliphatic carbocycles. The average Bonchev–Trinajstić information content (AvgIpc) is 3.50. The van der Waals surface area contributed by atoms with Crippen LogP contribution in [-0.4, -0.2) is 43.6 Å². The summed E-state index contributed by atoms with van der Waals surface area (Å²) in [5.41, 5.74) is 1.63. The quantitative estimate of drug-likeness (QED) is 0.286. The Hall–Kier alpha value is -4.12. The van der Waals surface area contributed by atoms with E-state index in [1.807, 2.05) is 37.3 Å². The molecule has 0 saturated heterocycles. The molecule has 0 aliphatic heterocycles. The van der Waals surface area contributed by atoms with Crippen LogP contribution in [0, 0.1) is 12.8 Å². The largest absolute Gasteiger partial charge is 0.477 e. The van der Waals surface area contributed by atoms with Crippen molar-refractivity contribution in [1.29, 1.82) is 0 Å². The Labute approximate surface area is 216 Å². The monoisotopic (exact) mass is 515 g/mol. The molecule has 0 bridgehead atoms. The van der Waals surface area contributed by atoms with Crippen LogP contribution >= 0.6 is 11.3 Å². The molecule has 0 radical (unpaired) electrons. The number of nitrogens with one attached hydrogen (secondary N) is 2. The third-order valence-electron chi connectivity index (χ3n) is 6.35. The van der Waals surface area contributed by atoms with Crippen molar-refractivity contribution in [2.24, 2.45) is 5.92 Å². The second-order valence-corrected chi connectivity index (χ2v) is 10.1. The number of aryl methyl sites for hydroxylation is 1. The van der Waals surface area contributed by atoms with Crippen molar-refractivity contribution in [3.05, 3.63) is 48.6 Å². The molecule has 188 valence electrons. The minimum atomic E-state index is -0.0914. The van der Waals surface area contributed by atoms with E-state index in [1.165, 1.54) is 11.3 Å². The highest BCUT2D eigenvalue weighted by molar-refractivity contribution is 7.22. The molecular formula is C26H25N7O3S. The lowest BCUT2D eigenvalue weighted by atomic mass is 9.79. The normalized spacial score (nSPS) is 17.0. The van der Waals surface area contributed by atoms with Gasteiger partial charge in [-0.1, -0.05) is 35.5 Å². The number of benzene rings is 1.